The van der Waals surface area contributed by atoms with Gasteiger partial charge in [0.15, 0.2) is 5.65 Å². The summed E-state index contributed by atoms with van der Waals surface area (Å²) in [4.78, 5) is 33.6. The van der Waals surface area contributed by atoms with E-state index in [1.54, 1.807) is 7.05 Å². The van der Waals surface area contributed by atoms with E-state index in [9.17, 15) is 9.59 Å². The third kappa shape index (κ3) is 2.83. The predicted molar refractivity (Wildman–Crippen MR) is 88.2 cm³/mol. The topological polar surface area (TPSA) is 75.9 Å². The largest absolute Gasteiger partial charge is 0.335 e. The summed E-state index contributed by atoms with van der Waals surface area (Å²) in [6, 6.07) is 10.1. The Hall–Kier alpha value is -2.67. The van der Waals surface area contributed by atoms with Gasteiger partial charge >= 0.3 is 5.69 Å². The summed E-state index contributed by atoms with van der Waals surface area (Å²) in [5.74, 6) is 0.664. The van der Waals surface area contributed by atoms with Crippen LogP contribution in [0.3, 0.4) is 0 Å². The average Bonchev–Trinajstić information content (AvgIpc) is 2.95. The SMILES string of the molecule is CN(Cc1ccccc1)Cc1nc2c([nH]1)c(=O)n(C)c(=O)n2C. The van der Waals surface area contributed by atoms with Gasteiger partial charge in [0.2, 0.25) is 0 Å². The molecule has 2 aromatic heterocycles. The zero-order valence-electron chi connectivity index (χ0n) is 13.4. The van der Waals surface area contributed by atoms with Crippen molar-refractivity contribution in [2.45, 2.75) is 13.1 Å². The summed E-state index contributed by atoms with van der Waals surface area (Å²) in [5, 5.41) is 0. The van der Waals surface area contributed by atoms with Gasteiger partial charge in [-0.25, -0.2) is 9.78 Å². The molecule has 3 rings (SSSR count). The van der Waals surface area contributed by atoms with E-state index in [-0.39, 0.29) is 11.2 Å². The fourth-order valence-electron chi connectivity index (χ4n) is 2.66. The summed E-state index contributed by atoms with van der Waals surface area (Å²) < 4.78 is 2.46. The summed E-state index contributed by atoms with van der Waals surface area (Å²) in [7, 11) is 5.06. The Labute approximate surface area is 132 Å². The Kier molecular flexibility index (Phi) is 3.87. The van der Waals surface area contributed by atoms with Gasteiger partial charge in [0.25, 0.3) is 5.56 Å². The second-order valence-electron chi connectivity index (χ2n) is 5.75. The van der Waals surface area contributed by atoms with Crippen molar-refractivity contribution in [3.63, 3.8) is 0 Å². The molecule has 0 aliphatic rings. The zero-order valence-corrected chi connectivity index (χ0v) is 13.4. The van der Waals surface area contributed by atoms with E-state index in [1.807, 2.05) is 25.2 Å². The van der Waals surface area contributed by atoms with E-state index in [2.05, 4.69) is 27.0 Å². The molecule has 0 fully saturated rings. The molecule has 3 aromatic rings. The summed E-state index contributed by atoms with van der Waals surface area (Å²) in [5.41, 5.74) is 1.22. The van der Waals surface area contributed by atoms with Crippen LogP contribution in [0, 0.1) is 0 Å². The number of H-pyrrole nitrogens is 1. The van der Waals surface area contributed by atoms with Crippen LogP contribution in [0.2, 0.25) is 0 Å². The van der Waals surface area contributed by atoms with Crippen LogP contribution >= 0.6 is 0 Å². The van der Waals surface area contributed by atoms with Crippen molar-refractivity contribution in [2.24, 2.45) is 14.1 Å². The van der Waals surface area contributed by atoms with Gasteiger partial charge in [-0.15, -0.1) is 0 Å². The molecule has 0 unspecified atom stereocenters. The third-order valence-electron chi connectivity index (χ3n) is 3.86. The molecular weight excluding hydrogens is 294 g/mol. The Morgan fingerprint density at radius 2 is 1.78 bits per heavy atom. The molecular formula is C16H19N5O2. The minimum absolute atomic E-state index is 0.354. The summed E-state index contributed by atoms with van der Waals surface area (Å²) in [6.45, 7) is 1.33. The van der Waals surface area contributed by atoms with Gasteiger partial charge in [0, 0.05) is 20.6 Å². The molecule has 0 aliphatic heterocycles. The van der Waals surface area contributed by atoms with Crippen molar-refractivity contribution in [1.82, 2.24) is 24.0 Å². The number of rotatable bonds is 4. The van der Waals surface area contributed by atoms with Gasteiger partial charge in [-0.2, -0.15) is 0 Å². The number of fused-ring (bicyclic) bond motifs is 1. The van der Waals surface area contributed by atoms with Crippen molar-refractivity contribution >= 4 is 11.2 Å². The van der Waals surface area contributed by atoms with Gasteiger partial charge in [-0.1, -0.05) is 30.3 Å². The highest BCUT2D eigenvalue weighted by Gasteiger charge is 2.14. The van der Waals surface area contributed by atoms with Crippen LogP contribution in [-0.2, 0) is 27.2 Å². The van der Waals surface area contributed by atoms with Crippen LogP contribution < -0.4 is 11.2 Å². The van der Waals surface area contributed by atoms with Crippen molar-refractivity contribution in [3.8, 4) is 0 Å². The quantitative estimate of drug-likeness (QED) is 0.765. The first-order valence-corrected chi connectivity index (χ1v) is 7.34. The minimum atomic E-state index is -0.377. The molecule has 7 nitrogen and oxygen atoms in total. The van der Waals surface area contributed by atoms with Gasteiger partial charge in [-0.05, 0) is 12.6 Å². The normalized spacial score (nSPS) is 11.5. The fraction of sp³-hybridized carbons (Fsp3) is 0.312. The first kappa shape index (κ1) is 15.2. The first-order valence-electron chi connectivity index (χ1n) is 7.34. The van der Waals surface area contributed by atoms with Crippen molar-refractivity contribution < 1.29 is 0 Å². The standard InChI is InChI=1S/C16H19N5O2/c1-19(9-11-7-5-4-6-8-11)10-12-17-13-14(18-12)20(2)16(23)21(3)15(13)22/h4-8H,9-10H2,1-3H3,(H,17,18). The van der Waals surface area contributed by atoms with E-state index in [0.717, 1.165) is 11.1 Å². The van der Waals surface area contributed by atoms with Gasteiger partial charge in [-0.3, -0.25) is 18.8 Å². The maximum atomic E-state index is 12.2. The molecule has 7 heteroatoms. The lowest BCUT2D eigenvalue weighted by atomic mass is 10.2. The van der Waals surface area contributed by atoms with Crippen molar-refractivity contribution in [2.75, 3.05) is 7.05 Å². The number of benzene rings is 1. The van der Waals surface area contributed by atoms with Crippen LogP contribution in [0.4, 0.5) is 0 Å². The Bertz CT molecular complexity index is 952. The van der Waals surface area contributed by atoms with E-state index >= 15 is 0 Å². The van der Waals surface area contributed by atoms with E-state index in [1.165, 1.54) is 17.2 Å². The number of imidazole rings is 1. The summed E-state index contributed by atoms with van der Waals surface area (Å²) in [6.07, 6.45) is 0. The van der Waals surface area contributed by atoms with Crippen LogP contribution in [0.15, 0.2) is 39.9 Å². The highest BCUT2D eigenvalue weighted by molar-refractivity contribution is 5.69. The average molecular weight is 313 g/mol. The zero-order chi connectivity index (χ0) is 16.6. The predicted octanol–water partition coefficient (Wildman–Crippen LogP) is 0.592. The highest BCUT2D eigenvalue weighted by atomic mass is 16.2. The lowest BCUT2D eigenvalue weighted by molar-refractivity contribution is 0.312. The number of aromatic amines is 1. The Morgan fingerprint density at radius 1 is 1.09 bits per heavy atom. The molecule has 0 aliphatic carbocycles. The maximum Gasteiger partial charge on any atom is 0.332 e. The van der Waals surface area contributed by atoms with Crippen LogP contribution in [0.1, 0.15) is 11.4 Å². The van der Waals surface area contributed by atoms with Gasteiger partial charge in [0.05, 0.1) is 6.54 Å². The third-order valence-corrected chi connectivity index (χ3v) is 3.86. The van der Waals surface area contributed by atoms with Gasteiger partial charge < -0.3 is 4.98 Å². The maximum absolute atomic E-state index is 12.2. The van der Waals surface area contributed by atoms with Crippen LogP contribution in [-0.4, -0.2) is 31.0 Å². The molecule has 1 N–H and O–H groups in total. The van der Waals surface area contributed by atoms with Crippen LogP contribution in [0.5, 0.6) is 0 Å². The fourth-order valence-corrected chi connectivity index (χ4v) is 2.66. The van der Waals surface area contributed by atoms with E-state index < -0.39 is 0 Å². The minimum Gasteiger partial charge on any atom is -0.335 e. The monoisotopic (exact) mass is 313 g/mol. The van der Waals surface area contributed by atoms with Crippen LogP contribution in [0.25, 0.3) is 11.2 Å². The second kappa shape index (κ2) is 5.85. The molecule has 23 heavy (non-hydrogen) atoms. The summed E-state index contributed by atoms with van der Waals surface area (Å²) >= 11 is 0. The molecule has 0 saturated heterocycles. The molecule has 0 spiro atoms. The number of nitrogens with one attached hydrogen (secondary N) is 1. The number of aryl methyl sites for hydroxylation is 1. The lowest BCUT2D eigenvalue weighted by Gasteiger charge is -2.14. The molecule has 0 amide bonds. The number of nitrogens with zero attached hydrogens (tertiary/aromatic N) is 4. The number of hydrogen-bond acceptors (Lipinski definition) is 4. The van der Waals surface area contributed by atoms with E-state index in [0.29, 0.717) is 23.5 Å². The lowest BCUT2D eigenvalue weighted by Crippen LogP contribution is -2.36. The number of hydrogen-bond donors (Lipinski definition) is 1. The molecule has 0 bridgehead atoms. The van der Waals surface area contributed by atoms with Gasteiger partial charge in [0.1, 0.15) is 11.3 Å². The second-order valence-corrected chi connectivity index (χ2v) is 5.75. The number of aromatic nitrogens is 4. The molecule has 0 radical (unpaired) electrons. The van der Waals surface area contributed by atoms with Crippen molar-refractivity contribution in [1.29, 1.82) is 0 Å². The van der Waals surface area contributed by atoms with Crippen molar-refractivity contribution in [3.05, 3.63) is 62.6 Å². The smallest absolute Gasteiger partial charge is 0.332 e. The molecule has 1 aromatic carbocycles. The molecule has 0 saturated carbocycles. The molecule has 0 atom stereocenters. The van der Waals surface area contributed by atoms with E-state index in [4.69, 9.17) is 0 Å². The molecule has 2 heterocycles. The highest BCUT2D eigenvalue weighted by Crippen LogP contribution is 2.09. The Morgan fingerprint density at radius 3 is 2.48 bits per heavy atom. The Balaban J connectivity index is 1.90. The first-order chi connectivity index (χ1) is 11.0. The molecule has 120 valence electrons.